The fourth-order valence-electron chi connectivity index (χ4n) is 5.02. The van der Waals surface area contributed by atoms with E-state index in [4.69, 9.17) is 9.47 Å². The third-order valence-corrected chi connectivity index (χ3v) is 6.94. The van der Waals surface area contributed by atoms with Crippen molar-refractivity contribution in [3.63, 3.8) is 0 Å². The average molecular weight is 504 g/mol. The second kappa shape index (κ2) is 9.88. The summed E-state index contributed by atoms with van der Waals surface area (Å²) < 4.78 is 12.4. The summed E-state index contributed by atoms with van der Waals surface area (Å²) in [5.41, 5.74) is 7.73. The standard InChI is InChI=1S/C36H25NO2/c1-3-10-26(11-4-1)27-18-22-30(23-19-27)37(29-12-5-2-6-13-29)31-24-20-28(21-25-31)32-14-9-17-35-36(32)39-34-16-8-7-15-33(34)38-35/h1-25H. The lowest BCUT2D eigenvalue weighted by Crippen LogP contribution is -2.09. The first-order valence-electron chi connectivity index (χ1n) is 13.0. The van der Waals surface area contributed by atoms with E-state index in [1.807, 2.05) is 48.5 Å². The van der Waals surface area contributed by atoms with Gasteiger partial charge in [-0.3, -0.25) is 0 Å². The van der Waals surface area contributed by atoms with Gasteiger partial charge in [-0.1, -0.05) is 97.1 Å². The van der Waals surface area contributed by atoms with Crippen LogP contribution in [0.25, 0.3) is 22.3 Å². The zero-order chi connectivity index (χ0) is 26.0. The lowest BCUT2D eigenvalue weighted by Gasteiger charge is -2.26. The molecule has 0 spiro atoms. The molecule has 0 fully saturated rings. The van der Waals surface area contributed by atoms with E-state index in [0.717, 1.165) is 51.2 Å². The van der Waals surface area contributed by atoms with E-state index in [1.165, 1.54) is 11.1 Å². The molecule has 0 unspecified atom stereocenters. The van der Waals surface area contributed by atoms with E-state index in [9.17, 15) is 0 Å². The predicted molar refractivity (Wildman–Crippen MR) is 159 cm³/mol. The van der Waals surface area contributed by atoms with Crippen LogP contribution in [0.1, 0.15) is 0 Å². The van der Waals surface area contributed by atoms with E-state index in [1.54, 1.807) is 0 Å². The van der Waals surface area contributed by atoms with Gasteiger partial charge < -0.3 is 14.4 Å². The minimum Gasteiger partial charge on any atom is -0.449 e. The average Bonchev–Trinajstić information content (AvgIpc) is 3.02. The summed E-state index contributed by atoms with van der Waals surface area (Å²) >= 11 is 0. The monoisotopic (exact) mass is 503 g/mol. The Morgan fingerprint density at radius 3 is 1.49 bits per heavy atom. The fraction of sp³-hybridized carbons (Fsp3) is 0. The molecule has 1 aliphatic rings. The Morgan fingerprint density at radius 2 is 0.821 bits per heavy atom. The maximum Gasteiger partial charge on any atom is 0.177 e. The topological polar surface area (TPSA) is 21.7 Å². The molecular weight excluding hydrogens is 478 g/mol. The third-order valence-electron chi connectivity index (χ3n) is 6.94. The molecule has 0 bridgehead atoms. The molecule has 186 valence electrons. The molecule has 3 nitrogen and oxygen atoms in total. The zero-order valence-electron chi connectivity index (χ0n) is 21.2. The largest absolute Gasteiger partial charge is 0.449 e. The highest BCUT2D eigenvalue weighted by atomic mass is 16.6. The van der Waals surface area contributed by atoms with Crippen molar-refractivity contribution in [2.75, 3.05) is 4.90 Å². The maximum absolute atomic E-state index is 6.29. The first kappa shape index (κ1) is 22.9. The first-order valence-corrected chi connectivity index (χ1v) is 13.0. The molecule has 3 heteroatoms. The van der Waals surface area contributed by atoms with E-state index in [0.29, 0.717) is 0 Å². The molecule has 0 aromatic heterocycles. The molecule has 1 heterocycles. The van der Waals surface area contributed by atoms with Gasteiger partial charge in [0.25, 0.3) is 0 Å². The van der Waals surface area contributed by atoms with Crippen LogP contribution in [0.15, 0.2) is 152 Å². The van der Waals surface area contributed by atoms with Gasteiger partial charge >= 0.3 is 0 Å². The van der Waals surface area contributed by atoms with Gasteiger partial charge in [-0.15, -0.1) is 0 Å². The van der Waals surface area contributed by atoms with Gasteiger partial charge in [-0.25, -0.2) is 0 Å². The molecule has 6 aromatic rings. The van der Waals surface area contributed by atoms with Crippen LogP contribution in [0.5, 0.6) is 23.0 Å². The summed E-state index contributed by atoms with van der Waals surface area (Å²) in [4.78, 5) is 2.27. The number of anilines is 3. The number of rotatable bonds is 5. The van der Waals surface area contributed by atoms with Crippen molar-refractivity contribution in [3.05, 3.63) is 152 Å². The molecule has 0 saturated carbocycles. The molecule has 0 amide bonds. The van der Waals surface area contributed by atoms with E-state index >= 15 is 0 Å². The third kappa shape index (κ3) is 4.41. The fourth-order valence-corrected chi connectivity index (χ4v) is 5.02. The minimum absolute atomic E-state index is 0.722. The Morgan fingerprint density at radius 1 is 0.333 bits per heavy atom. The number of para-hydroxylation sites is 4. The summed E-state index contributed by atoms with van der Waals surface area (Å²) in [6.07, 6.45) is 0. The van der Waals surface area contributed by atoms with E-state index in [-0.39, 0.29) is 0 Å². The molecule has 7 rings (SSSR count). The number of nitrogens with zero attached hydrogens (tertiary/aromatic N) is 1. The van der Waals surface area contributed by atoms with E-state index in [2.05, 4.69) is 108 Å². The number of hydrogen-bond acceptors (Lipinski definition) is 3. The first-order chi connectivity index (χ1) is 19.3. The normalized spacial score (nSPS) is 11.5. The summed E-state index contributed by atoms with van der Waals surface area (Å²) in [6, 6.07) is 52.0. The van der Waals surface area contributed by atoms with Crippen molar-refractivity contribution in [1.29, 1.82) is 0 Å². The Kier molecular flexibility index (Phi) is 5.80. The second-order valence-corrected chi connectivity index (χ2v) is 9.41. The van der Waals surface area contributed by atoms with E-state index < -0.39 is 0 Å². The number of hydrogen-bond donors (Lipinski definition) is 0. The Balaban J connectivity index is 1.24. The second-order valence-electron chi connectivity index (χ2n) is 9.41. The molecule has 0 radical (unpaired) electrons. The van der Waals surface area contributed by atoms with Crippen molar-refractivity contribution in [2.45, 2.75) is 0 Å². The van der Waals surface area contributed by atoms with Crippen LogP contribution in [0, 0.1) is 0 Å². The minimum atomic E-state index is 0.722. The van der Waals surface area contributed by atoms with Gasteiger partial charge in [0, 0.05) is 22.6 Å². The highest BCUT2D eigenvalue weighted by Gasteiger charge is 2.22. The van der Waals surface area contributed by atoms with Crippen molar-refractivity contribution in [2.24, 2.45) is 0 Å². The van der Waals surface area contributed by atoms with Gasteiger partial charge in [-0.2, -0.15) is 0 Å². The summed E-state index contributed by atoms with van der Waals surface area (Å²) in [7, 11) is 0. The summed E-state index contributed by atoms with van der Waals surface area (Å²) in [5.74, 6) is 2.91. The van der Waals surface area contributed by atoms with Gasteiger partial charge in [0.15, 0.2) is 23.0 Å². The van der Waals surface area contributed by atoms with Crippen molar-refractivity contribution >= 4 is 17.1 Å². The Hall–Kier alpha value is -5.28. The van der Waals surface area contributed by atoms with Crippen LogP contribution >= 0.6 is 0 Å². The molecule has 0 aliphatic carbocycles. The Labute approximate surface area is 228 Å². The zero-order valence-corrected chi connectivity index (χ0v) is 21.2. The molecular formula is C36H25NO2. The predicted octanol–water partition coefficient (Wildman–Crippen LogP) is 10.4. The lowest BCUT2D eigenvalue weighted by molar-refractivity contribution is 0.361. The molecule has 0 saturated heterocycles. The highest BCUT2D eigenvalue weighted by molar-refractivity contribution is 5.81. The maximum atomic E-state index is 6.29. The molecule has 1 aliphatic heterocycles. The molecule has 39 heavy (non-hydrogen) atoms. The van der Waals surface area contributed by atoms with Crippen LogP contribution in [0.3, 0.4) is 0 Å². The van der Waals surface area contributed by atoms with Crippen LogP contribution in [0.4, 0.5) is 17.1 Å². The highest BCUT2D eigenvalue weighted by Crippen LogP contribution is 2.49. The van der Waals surface area contributed by atoms with Crippen molar-refractivity contribution in [1.82, 2.24) is 0 Å². The van der Waals surface area contributed by atoms with Gasteiger partial charge in [0.2, 0.25) is 0 Å². The molecule has 0 N–H and O–H groups in total. The Bertz CT molecular complexity index is 1730. The molecule has 6 aromatic carbocycles. The van der Waals surface area contributed by atoms with Crippen LogP contribution in [-0.4, -0.2) is 0 Å². The van der Waals surface area contributed by atoms with Crippen molar-refractivity contribution in [3.8, 4) is 45.3 Å². The summed E-state index contributed by atoms with van der Waals surface area (Å²) in [5, 5.41) is 0. The van der Waals surface area contributed by atoms with Crippen molar-refractivity contribution < 1.29 is 9.47 Å². The lowest BCUT2D eigenvalue weighted by atomic mass is 10.0. The van der Waals surface area contributed by atoms with Gasteiger partial charge in [0.05, 0.1) is 0 Å². The van der Waals surface area contributed by atoms with Crippen LogP contribution < -0.4 is 14.4 Å². The SMILES string of the molecule is c1ccc(-c2ccc(N(c3ccccc3)c3ccc(-c4cccc5c4Oc4ccccc4O5)cc3)cc2)cc1. The number of ether oxygens (including phenoxy) is 2. The van der Waals surface area contributed by atoms with Crippen LogP contribution in [-0.2, 0) is 0 Å². The number of benzene rings is 6. The van der Waals surface area contributed by atoms with Gasteiger partial charge in [-0.05, 0) is 71.3 Å². The van der Waals surface area contributed by atoms with Crippen LogP contribution in [0.2, 0.25) is 0 Å². The molecule has 0 atom stereocenters. The smallest absolute Gasteiger partial charge is 0.177 e. The number of fused-ring (bicyclic) bond motifs is 2. The quantitative estimate of drug-likeness (QED) is 0.233. The summed E-state index contributed by atoms with van der Waals surface area (Å²) in [6.45, 7) is 0. The van der Waals surface area contributed by atoms with Gasteiger partial charge in [0.1, 0.15) is 0 Å².